The van der Waals surface area contributed by atoms with E-state index < -0.39 is 6.61 Å². The van der Waals surface area contributed by atoms with E-state index in [1.165, 1.54) is 24.3 Å². The quantitative estimate of drug-likeness (QED) is 0.758. The van der Waals surface area contributed by atoms with Gasteiger partial charge in [0.2, 0.25) is 0 Å². The number of benzene rings is 3. The third-order valence-electron chi connectivity index (χ3n) is 3.37. The highest BCUT2D eigenvalue weighted by molar-refractivity contribution is 6.12. The first kappa shape index (κ1) is 15.0. The summed E-state index contributed by atoms with van der Waals surface area (Å²) in [5.74, 6) is -0.215. The number of ether oxygens (including phenoxy) is 1. The Hall–Kier alpha value is -2.95. The molecular formula is C18H13F2NO2. The average molecular weight is 313 g/mol. The number of carbonyl (C=O) groups excluding carboxylic acids is 1. The maximum absolute atomic E-state index is 12.4. The van der Waals surface area contributed by atoms with Crippen molar-refractivity contribution in [3.8, 4) is 5.75 Å². The van der Waals surface area contributed by atoms with Gasteiger partial charge < -0.3 is 10.1 Å². The van der Waals surface area contributed by atoms with Crippen LogP contribution in [-0.4, -0.2) is 12.5 Å². The van der Waals surface area contributed by atoms with E-state index in [1.807, 2.05) is 36.4 Å². The molecule has 0 radical (unpaired) electrons. The monoisotopic (exact) mass is 313 g/mol. The number of amides is 1. The van der Waals surface area contributed by atoms with Gasteiger partial charge in [-0.3, -0.25) is 4.79 Å². The molecule has 0 saturated heterocycles. The lowest BCUT2D eigenvalue weighted by atomic mass is 10.0. The molecule has 0 bridgehead atoms. The van der Waals surface area contributed by atoms with Gasteiger partial charge in [-0.1, -0.05) is 36.4 Å². The molecule has 23 heavy (non-hydrogen) atoms. The number of rotatable bonds is 4. The Morgan fingerprint density at radius 3 is 2.35 bits per heavy atom. The van der Waals surface area contributed by atoms with Gasteiger partial charge in [-0.2, -0.15) is 8.78 Å². The van der Waals surface area contributed by atoms with E-state index >= 15 is 0 Å². The van der Waals surface area contributed by atoms with E-state index in [9.17, 15) is 13.6 Å². The van der Waals surface area contributed by atoms with Crippen molar-refractivity contribution >= 4 is 22.4 Å². The minimum Gasteiger partial charge on any atom is -0.435 e. The highest BCUT2D eigenvalue weighted by atomic mass is 19.3. The summed E-state index contributed by atoms with van der Waals surface area (Å²) >= 11 is 0. The lowest BCUT2D eigenvalue weighted by Crippen LogP contribution is -2.12. The lowest BCUT2D eigenvalue weighted by molar-refractivity contribution is -0.0498. The van der Waals surface area contributed by atoms with Crippen LogP contribution in [0.15, 0.2) is 66.7 Å². The standard InChI is InChI=1S/C18H13F2NO2/c19-18(20)23-14-10-8-13(9-11-14)21-17(22)16-7-3-5-12-4-1-2-6-15(12)16/h1-11,18H,(H,21,22). The summed E-state index contributed by atoms with van der Waals surface area (Å²) in [5, 5.41) is 4.57. The highest BCUT2D eigenvalue weighted by Crippen LogP contribution is 2.21. The average Bonchev–Trinajstić information content (AvgIpc) is 2.55. The summed E-state index contributed by atoms with van der Waals surface area (Å²) in [5.41, 5.74) is 1.06. The normalized spacial score (nSPS) is 10.7. The van der Waals surface area contributed by atoms with Gasteiger partial charge >= 0.3 is 6.61 Å². The van der Waals surface area contributed by atoms with Gasteiger partial charge in [-0.05, 0) is 41.1 Å². The molecule has 0 aromatic heterocycles. The van der Waals surface area contributed by atoms with Crippen LogP contribution >= 0.6 is 0 Å². The van der Waals surface area contributed by atoms with E-state index in [0.717, 1.165) is 10.8 Å². The highest BCUT2D eigenvalue weighted by Gasteiger charge is 2.10. The number of halogens is 2. The van der Waals surface area contributed by atoms with Crippen LogP contribution in [0.4, 0.5) is 14.5 Å². The Morgan fingerprint density at radius 1 is 0.913 bits per heavy atom. The Balaban J connectivity index is 1.81. The van der Waals surface area contributed by atoms with Crippen molar-refractivity contribution in [2.45, 2.75) is 6.61 Å². The molecule has 3 nitrogen and oxygen atoms in total. The molecule has 3 aromatic rings. The first-order chi connectivity index (χ1) is 11.1. The van der Waals surface area contributed by atoms with Gasteiger partial charge in [0.25, 0.3) is 5.91 Å². The Kier molecular flexibility index (Phi) is 4.19. The largest absolute Gasteiger partial charge is 0.435 e. The molecule has 1 amide bonds. The van der Waals surface area contributed by atoms with Crippen molar-refractivity contribution in [1.82, 2.24) is 0 Å². The van der Waals surface area contributed by atoms with E-state index in [1.54, 1.807) is 6.07 Å². The molecule has 3 rings (SSSR count). The van der Waals surface area contributed by atoms with Crippen molar-refractivity contribution in [2.24, 2.45) is 0 Å². The summed E-state index contributed by atoms with van der Waals surface area (Å²) in [7, 11) is 0. The molecule has 3 aromatic carbocycles. The molecule has 0 spiro atoms. The summed E-state index contributed by atoms with van der Waals surface area (Å²) in [4.78, 5) is 12.4. The predicted octanol–water partition coefficient (Wildman–Crippen LogP) is 4.69. The van der Waals surface area contributed by atoms with Crippen LogP contribution in [0.5, 0.6) is 5.75 Å². The molecule has 0 aliphatic heterocycles. The number of fused-ring (bicyclic) bond motifs is 1. The fourth-order valence-electron chi connectivity index (χ4n) is 2.34. The van der Waals surface area contributed by atoms with Crippen LogP contribution in [0.1, 0.15) is 10.4 Å². The maximum atomic E-state index is 12.4. The van der Waals surface area contributed by atoms with Gasteiger partial charge in [0.05, 0.1) is 0 Å². The van der Waals surface area contributed by atoms with E-state index in [4.69, 9.17) is 0 Å². The topological polar surface area (TPSA) is 38.3 Å². The fraction of sp³-hybridized carbons (Fsp3) is 0.0556. The molecule has 0 fully saturated rings. The van der Waals surface area contributed by atoms with Crippen LogP contribution in [-0.2, 0) is 0 Å². The number of hydrogen-bond acceptors (Lipinski definition) is 2. The van der Waals surface area contributed by atoms with Crippen LogP contribution in [0.25, 0.3) is 10.8 Å². The summed E-state index contributed by atoms with van der Waals surface area (Å²) in [6, 6.07) is 18.9. The van der Waals surface area contributed by atoms with Crippen LogP contribution in [0.2, 0.25) is 0 Å². The van der Waals surface area contributed by atoms with E-state index in [-0.39, 0.29) is 11.7 Å². The number of anilines is 1. The molecule has 0 aliphatic carbocycles. The van der Waals surface area contributed by atoms with Gasteiger partial charge in [-0.25, -0.2) is 0 Å². The fourth-order valence-corrected chi connectivity index (χ4v) is 2.34. The van der Waals surface area contributed by atoms with Gasteiger partial charge in [-0.15, -0.1) is 0 Å². The zero-order valence-electron chi connectivity index (χ0n) is 12.0. The third kappa shape index (κ3) is 3.45. The molecule has 0 heterocycles. The molecule has 0 unspecified atom stereocenters. The zero-order chi connectivity index (χ0) is 16.2. The van der Waals surface area contributed by atoms with Gasteiger partial charge in [0.15, 0.2) is 0 Å². The minimum absolute atomic E-state index is 0.0446. The molecule has 5 heteroatoms. The van der Waals surface area contributed by atoms with E-state index in [2.05, 4.69) is 10.1 Å². The SMILES string of the molecule is O=C(Nc1ccc(OC(F)F)cc1)c1cccc2ccccc12. The van der Waals surface area contributed by atoms with Crippen LogP contribution < -0.4 is 10.1 Å². The van der Waals surface area contributed by atoms with Crippen molar-refractivity contribution in [2.75, 3.05) is 5.32 Å². The van der Waals surface area contributed by atoms with Crippen molar-refractivity contribution in [3.63, 3.8) is 0 Å². The minimum atomic E-state index is -2.87. The molecule has 0 aliphatic rings. The number of hydrogen-bond donors (Lipinski definition) is 1. The van der Waals surface area contributed by atoms with Gasteiger partial charge in [0, 0.05) is 11.3 Å². The molecule has 0 atom stereocenters. The second kappa shape index (κ2) is 6.44. The van der Waals surface area contributed by atoms with Crippen LogP contribution in [0.3, 0.4) is 0 Å². The first-order valence-corrected chi connectivity index (χ1v) is 6.97. The number of carbonyl (C=O) groups is 1. The number of nitrogens with one attached hydrogen (secondary N) is 1. The van der Waals surface area contributed by atoms with Crippen molar-refractivity contribution < 1.29 is 18.3 Å². The molecule has 116 valence electrons. The molecule has 1 N–H and O–H groups in total. The van der Waals surface area contributed by atoms with Crippen molar-refractivity contribution in [1.29, 1.82) is 0 Å². The van der Waals surface area contributed by atoms with Crippen LogP contribution in [0, 0.1) is 0 Å². The predicted molar refractivity (Wildman–Crippen MR) is 85.0 cm³/mol. The third-order valence-corrected chi connectivity index (χ3v) is 3.37. The Bertz CT molecular complexity index is 827. The molecule has 0 saturated carbocycles. The molecular weight excluding hydrogens is 300 g/mol. The maximum Gasteiger partial charge on any atom is 0.387 e. The smallest absolute Gasteiger partial charge is 0.387 e. The zero-order valence-corrected chi connectivity index (χ0v) is 12.0. The summed E-state index contributed by atoms with van der Waals surface area (Å²) in [6.07, 6.45) is 0. The first-order valence-electron chi connectivity index (χ1n) is 6.97. The summed E-state index contributed by atoms with van der Waals surface area (Å²) in [6.45, 7) is -2.87. The Morgan fingerprint density at radius 2 is 1.61 bits per heavy atom. The summed E-state index contributed by atoms with van der Waals surface area (Å²) < 4.78 is 28.5. The second-order valence-corrected chi connectivity index (χ2v) is 4.88. The van der Waals surface area contributed by atoms with E-state index in [0.29, 0.717) is 11.3 Å². The Labute approximate surface area is 131 Å². The lowest BCUT2D eigenvalue weighted by Gasteiger charge is -2.09. The van der Waals surface area contributed by atoms with Crippen molar-refractivity contribution in [3.05, 3.63) is 72.3 Å². The number of alkyl halides is 2. The van der Waals surface area contributed by atoms with Gasteiger partial charge in [0.1, 0.15) is 5.75 Å². The second-order valence-electron chi connectivity index (χ2n) is 4.88.